The van der Waals surface area contributed by atoms with Crippen molar-refractivity contribution in [1.82, 2.24) is 14.8 Å². The predicted molar refractivity (Wildman–Crippen MR) is 154 cm³/mol. The van der Waals surface area contributed by atoms with Crippen molar-refractivity contribution in [2.45, 2.75) is 26.6 Å². The van der Waals surface area contributed by atoms with Crippen molar-refractivity contribution in [3.8, 4) is 5.75 Å². The second kappa shape index (κ2) is 12.4. The van der Waals surface area contributed by atoms with E-state index in [4.69, 9.17) is 9.72 Å². The van der Waals surface area contributed by atoms with Crippen LogP contribution in [0, 0.1) is 12.7 Å². The zero-order valence-corrected chi connectivity index (χ0v) is 23.2. The van der Waals surface area contributed by atoms with Gasteiger partial charge in [0.25, 0.3) is 5.91 Å². The van der Waals surface area contributed by atoms with Gasteiger partial charge in [-0.05, 0) is 54.4 Å². The number of carbonyl (C=O) groups is 1. The van der Waals surface area contributed by atoms with Crippen molar-refractivity contribution >= 4 is 22.9 Å². The summed E-state index contributed by atoms with van der Waals surface area (Å²) in [5, 5.41) is 2.76. The number of anilines is 1. The number of amides is 1. The van der Waals surface area contributed by atoms with Crippen LogP contribution in [0.5, 0.6) is 5.75 Å². The van der Waals surface area contributed by atoms with Gasteiger partial charge in [0.1, 0.15) is 22.3 Å². The molecule has 8 heteroatoms. The standard InChI is InChI=1S/C31H33FN4O2S/c1-23-3-5-24(6-4-23)19-34(20-25-7-9-26(32)10-8-25)21-30-33-29(22-39-30)31(37)36-17-15-35(16-18-36)27-11-13-28(38-2)14-12-27/h3-14,22H,15-21H2,1-2H3. The molecule has 0 unspecified atom stereocenters. The highest BCUT2D eigenvalue weighted by Crippen LogP contribution is 2.22. The summed E-state index contributed by atoms with van der Waals surface area (Å²) in [5.74, 6) is 0.578. The number of hydrogen-bond donors (Lipinski definition) is 0. The van der Waals surface area contributed by atoms with Crippen LogP contribution in [0.25, 0.3) is 0 Å². The van der Waals surface area contributed by atoms with Gasteiger partial charge in [0.15, 0.2) is 0 Å². The number of benzene rings is 3. The molecule has 5 rings (SSSR count). The molecule has 6 nitrogen and oxygen atoms in total. The number of carbonyl (C=O) groups excluding carboxylic acids is 1. The van der Waals surface area contributed by atoms with E-state index < -0.39 is 0 Å². The first-order valence-electron chi connectivity index (χ1n) is 13.1. The Morgan fingerprint density at radius 3 is 2.13 bits per heavy atom. The summed E-state index contributed by atoms with van der Waals surface area (Å²) in [4.78, 5) is 24.4. The Kier molecular flexibility index (Phi) is 8.54. The van der Waals surface area contributed by atoms with Crippen LogP contribution >= 0.6 is 11.3 Å². The van der Waals surface area contributed by atoms with E-state index in [0.29, 0.717) is 31.9 Å². The summed E-state index contributed by atoms with van der Waals surface area (Å²) in [7, 11) is 1.66. The lowest BCUT2D eigenvalue weighted by Gasteiger charge is -2.35. The average molecular weight is 545 g/mol. The third-order valence-electron chi connectivity index (χ3n) is 6.98. The number of hydrogen-bond acceptors (Lipinski definition) is 6. The number of aryl methyl sites for hydroxylation is 1. The van der Waals surface area contributed by atoms with Crippen LogP contribution in [-0.2, 0) is 19.6 Å². The van der Waals surface area contributed by atoms with Gasteiger partial charge in [0, 0.05) is 50.3 Å². The zero-order valence-electron chi connectivity index (χ0n) is 22.3. The molecule has 0 spiro atoms. The molecule has 2 heterocycles. The molecule has 1 aromatic heterocycles. The van der Waals surface area contributed by atoms with Gasteiger partial charge in [0.05, 0.1) is 13.7 Å². The normalized spacial score (nSPS) is 13.6. The third-order valence-corrected chi connectivity index (χ3v) is 7.81. The molecule has 39 heavy (non-hydrogen) atoms. The van der Waals surface area contributed by atoms with E-state index in [2.05, 4.69) is 53.1 Å². The second-order valence-corrected chi connectivity index (χ2v) is 10.8. The smallest absolute Gasteiger partial charge is 0.273 e. The fourth-order valence-corrected chi connectivity index (χ4v) is 5.57. The van der Waals surface area contributed by atoms with Crippen molar-refractivity contribution in [3.63, 3.8) is 0 Å². The summed E-state index contributed by atoms with van der Waals surface area (Å²) < 4.78 is 18.7. The lowest BCUT2D eigenvalue weighted by molar-refractivity contribution is 0.0741. The van der Waals surface area contributed by atoms with Crippen LogP contribution in [0.3, 0.4) is 0 Å². The molecular weight excluding hydrogens is 511 g/mol. The quantitative estimate of drug-likeness (QED) is 0.268. The summed E-state index contributed by atoms with van der Waals surface area (Å²) in [6.45, 7) is 6.93. The van der Waals surface area contributed by atoms with Gasteiger partial charge in [-0.3, -0.25) is 9.69 Å². The molecule has 0 N–H and O–H groups in total. The number of methoxy groups -OCH3 is 1. The number of aromatic nitrogens is 1. The van der Waals surface area contributed by atoms with E-state index in [1.165, 1.54) is 34.6 Å². The topological polar surface area (TPSA) is 48.9 Å². The van der Waals surface area contributed by atoms with Gasteiger partial charge >= 0.3 is 0 Å². The molecule has 0 atom stereocenters. The summed E-state index contributed by atoms with van der Waals surface area (Å²) in [5.41, 5.74) is 5.09. The Bertz CT molecular complexity index is 1320. The van der Waals surface area contributed by atoms with Crippen molar-refractivity contribution in [3.05, 3.63) is 111 Å². The molecule has 0 bridgehead atoms. The van der Waals surface area contributed by atoms with Crippen LogP contribution in [0.4, 0.5) is 10.1 Å². The van der Waals surface area contributed by atoms with Crippen molar-refractivity contribution in [2.24, 2.45) is 0 Å². The number of ether oxygens (including phenoxy) is 1. The van der Waals surface area contributed by atoms with Gasteiger partial charge in [-0.25, -0.2) is 9.37 Å². The number of thiazole rings is 1. The second-order valence-electron chi connectivity index (χ2n) is 9.86. The maximum atomic E-state index is 13.5. The number of halogens is 1. The zero-order chi connectivity index (χ0) is 27.2. The molecule has 0 aliphatic carbocycles. The number of nitrogens with zero attached hydrogens (tertiary/aromatic N) is 4. The monoisotopic (exact) mass is 544 g/mol. The van der Waals surface area contributed by atoms with E-state index in [1.807, 2.05) is 34.5 Å². The SMILES string of the molecule is COc1ccc(N2CCN(C(=O)c3csc(CN(Cc4ccc(C)cc4)Cc4ccc(F)cc4)n3)CC2)cc1. The molecule has 1 amide bonds. The maximum absolute atomic E-state index is 13.5. The Hall–Kier alpha value is -3.75. The van der Waals surface area contributed by atoms with E-state index in [1.54, 1.807) is 7.11 Å². The first-order chi connectivity index (χ1) is 19.0. The molecular formula is C31H33FN4O2S. The fourth-order valence-electron chi connectivity index (χ4n) is 4.76. The van der Waals surface area contributed by atoms with Gasteiger partial charge in [-0.15, -0.1) is 11.3 Å². The largest absolute Gasteiger partial charge is 0.497 e. The molecule has 1 fully saturated rings. The summed E-state index contributed by atoms with van der Waals surface area (Å²) in [6.07, 6.45) is 0. The molecule has 0 saturated carbocycles. The van der Waals surface area contributed by atoms with Gasteiger partial charge in [0.2, 0.25) is 0 Å². The van der Waals surface area contributed by atoms with Crippen LogP contribution in [0.2, 0.25) is 0 Å². The summed E-state index contributed by atoms with van der Waals surface area (Å²) in [6, 6.07) is 23.1. The Morgan fingerprint density at radius 2 is 1.51 bits per heavy atom. The minimum atomic E-state index is -0.239. The lowest BCUT2D eigenvalue weighted by Crippen LogP contribution is -2.48. The van der Waals surface area contributed by atoms with Gasteiger partial charge in [-0.1, -0.05) is 42.0 Å². The molecule has 1 aliphatic heterocycles. The predicted octanol–water partition coefficient (Wildman–Crippen LogP) is 5.76. The minimum Gasteiger partial charge on any atom is -0.497 e. The van der Waals surface area contributed by atoms with Crippen LogP contribution in [0.1, 0.15) is 32.2 Å². The molecule has 1 aliphatic rings. The lowest BCUT2D eigenvalue weighted by atomic mass is 10.1. The molecule has 3 aromatic carbocycles. The molecule has 202 valence electrons. The Morgan fingerprint density at radius 1 is 0.897 bits per heavy atom. The highest BCUT2D eigenvalue weighted by molar-refractivity contribution is 7.09. The third kappa shape index (κ3) is 7.02. The Balaban J connectivity index is 1.22. The van der Waals surface area contributed by atoms with E-state index in [0.717, 1.165) is 41.6 Å². The number of piperazine rings is 1. The fraction of sp³-hybridized carbons (Fsp3) is 0.290. The van der Waals surface area contributed by atoms with Crippen molar-refractivity contribution in [1.29, 1.82) is 0 Å². The molecule has 1 saturated heterocycles. The highest BCUT2D eigenvalue weighted by Gasteiger charge is 2.24. The van der Waals surface area contributed by atoms with Crippen LogP contribution < -0.4 is 9.64 Å². The number of rotatable bonds is 9. The van der Waals surface area contributed by atoms with E-state index in [-0.39, 0.29) is 11.7 Å². The highest BCUT2D eigenvalue weighted by atomic mass is 32.1. The maximum Gasteiger partial charge on any atom is 0.273 e. The first-order valence-corrected chi connectivity index (χ1v) is 14.0. The van der Waals surface area contributed by atoms with E-state index in [9.17, 15) is 9.18 Å². The minimum absolute atomic E-state index is 0.0181. The van der Waals surface area contributed by atoms with Crippen LogP contribution in [0.15, 0.2) is 78.2 Å². The molecule has 0 radical (unpaired) electrons. The summed E-state index contributed by atoms with van der Waals surface area (Å²) >= 11 is 1.51. The van der Waals surface area contributed by atoms with Crippen molar-refractivity contribution < 1.29 is 13.9 Å². The van der Waals surface area contributed by atoms with E-state index >= 15 is 0 Å². The van der Waals surface area contributed by atoms with Gasteiger partial charge < -0.3 is 14.5 Å². The molecule has 4 aromatic rings. The van der Waals surface area contributed by atoms with Crippen molar-refractivity contribution in [2.75, 3.05) is 38.2 Å². The average Bonchev–Trinajstić information content (AvgIpc) is 3.43. The Labute approximate surface area is 233 Å². The van der Waals surface area contributed by atoms with Crippen LogP contribution in [-0.4, -0.2) is 54.0 Å². The van der Waals surface area contributed by atoms with Gasteiger partial charge in [-0.2, -0.15) is 0 Å². The first kappa shape index (κ1) is 26.8.